The van der Waals surface area contributed by atoms with Crippen LogP contribution in [0.5, 0.6) is 0 Å². The van der Waals surface area contributed by atoms with Gasteiger partial charge < -0.3 is 9.40 Å². The Morgan fingerprint density at radius 1 is 1.12 bits per heavy atom. The number of nitrogens with one attached hydrogen (secondary N) is 1. The Balaban J connectivity index is 1.49. The van der Waals surface area contributed by atoms with Gasteiger partial charge in [0.25, 0.3) is 10.0 Å². The molecule has 2 aromatic rings. The molecule has 0 radical (unpaired) electrons. The van der Waals surface area contributed by atoms with Crippen LogP contribution in [0, 0.1) is 0 Å². The normalized spacial score (nSPS) is 23.2. The zero-order valence-corrected chi connectivity index (χ0v) is 14.5. The molecule has 24 heavy (non-hydrogen) atoms. The van der Waals surface area contributed by atoms with Crippen molar-refractivity contribution in [2.24, 2.45) is 0 Å². The number of hydrogen-bond acceptors (Lipinski definition) is 4. The molecule has 2 aliphatic rings. The molecule has 0 unspecified atom stereocenters. The maximum atomic E-state index is 12.5. The summed E-state index contributed by atoms with van der Waals surface area (Å²) < 4.78 is 32.3. The number of aromatic nitrogens is 1. The predicted molar refractivity (Wildman–Crippen MR) is 89.9 cm³/mol. The SMILES string of the molecule is O=S(=O)(c1ccc(CN2CCC[C@@H]2c2ccc[nH]2)o1)N1CCCC1. The van der Waals surface area contributed by atoms with Crippen molar-refractivity contribution in [2.75, 3.05) is 19.6 Å². The van der Waals surface area contributed by atoms with Crippen LogP contribution in [-0.2, 0) is 16.6 Å². The lowest BCUT2D eigenvalue weighted by Crippen LogP contribution is -2.27. The molecule has 1 atom stereocenters. The van der Waals surface area contributed by atoms with E-state index < -0.39 is 10.0 Å². The molecule has 4 rings (SSSR count). The summed E-state index contributed by atoms with van der Waals surface area (Å²) >= 11 is 0. The second-order valence-corrected chi connectivity index (χ2v) is 8.45. The molecule has 2 saturated heterocycles. The molecule has 2 aliphatic heterocycles. The lowest BCUT2D eigenvalue weighted by atomic mass is 10.1. The van der Waals surface area contributed by atoms with Gasteiger partial charge in [-0.25, -0.2) is 8.42 Å². The molecule has 4 heterocycles. The highest BCUT2D eigenvalue weighted by Gasteiger charge is 2.31. The van der Waals surface area contributed by atoms with Gasteiger partial charge in [0.05, 0.1) is 12.6 Å². The maximum Gasteiger partial charge on any atom is 0.276 e. The highest BCUT2D eigenvalue weighted by atomic mass is 32.2. The summed E-state index contributed by atoms with van der Waals surface area (Å²) in [7, 11) is -3.47. The molecule has 0 amide bonds. The van der Waals surface area contributed by atoms with Crippen molar-refractivity contribution >= 4 is 10.0 Å². The number of H-pyrrole nitrogens is 1. The summed E-state index contributed by atoms with van der Waals surface area (Å²) in [5.41, 5.74) is 1.21. The average molecular weight is 349 g/mol. The van der Waals surface area contributed by atoms with Gasteiger partial charge >= 0.3 is 0 Å². The predicted octanol–water partition coefficient (Wildman–Crippen LogP) is 2.73. The van der Waals surface area contributed by atoms with Crippen molar-refractivity contribution in [3.63, 3.8) is 0 Å². The molecule has 0 bridgehead atoms. The third-order valence-corrected chi connectivity index (χ3v) is 6.77. The first-order chi connectivity index (χ1) is 11.6. The number of furan rings is 1. The number of hydrogen-bond donors (Lipinski definition) is 1. The molecule has 2 aromatic heterocycles. The lowest BCUT2D eigenvalue weighted by molar-refractivity contribution is 0.218. The van der Waals surface area contributed by atoms with E-state index in [1.54, 1.807) is 12.1 Å². The van der Waals surface area contributed by atoms with Crippen LogP contribution in [-0.4, -0.2) is 42.2 Å². The highest BCUT2D eigenvalue weighted by Crippen LogP contribution is 2.33. The molecular weight excluding hydrogens is 326 g/mol. The first kappa shape index (κ1) is 15.9. The fraction of sp³-hybridized carbons (Fsp3) is 0.529. The summed E-state index contributed by atoms with van der Waals surface area (Å²) in [4.78, 5) is 5.63. The molecule has 0 spiro atoms. The minimum atomic E-state index is -3.47. The van der Waals surface area contributed by atoms with Gasteiger partial charge in [-0.1, -0.05) is 0 Å². The molecule has 0 aliphatic carbocycles. The van der Waals surface area contributed by atoms with E-state index in [9.17, 15) is 8.42 Å². The van der Waals surface area contributed by atoms with E-state index in [1.165, 1.54) is 10.00 Å². The zero-order chi connectivity index (χ0) is 16.6. The third-order valence-electron chi connectivity index (χ3n) is 5.00. The van der Waals surface area contributed by atoms with Crippen molar-refractivity contribution in [1.29, 1.82) is 0 Å². The Morgan fingerprint density at radius 2 is 1.96 bits per heavy atom. The number of sulfonamides is 1. The molecule has 7 heteroatoms. The molecule has 0 aromatic carbocycles. The van der Waals surface area contributed by atoms with Crippen LogP contribution in [0.3, 0.4) is 0 Å². The summed E-state index contributed by atoms with van der Waals surface area (Å²) in [5, 5.41) is 0.0787. The highest BCUT2D eigenvalue weighted by molar-refractivity contribution is 7.89. The van der Waals surface area contributed by atoms with Crippen LogP contribution in [0.2, 0.25) is 0 Å². The van der Waals surface area contributed by atoms with Crippen molar-refractivity contribution in [1.82, 2.24) is 14.2 Å². The summed E-state index contributed by atoms with van der Waals surface area (Å²) in [6, 6.07) is 7.87. The Hall–Kier alpha value is -1.57. The minimum absolute atomic E-state index is 0.0787. The Kier molecular flexibility index (Phi) is 4.24. The van der Waals surface area contributed by atoms with Crippen LogP contribution in [0.1, 0.15) is 43.2 Å². The molecule has 0 saturated carbocycles. The van der Waals surface area contributed by atoms with Crippen LogP contribution >= 0.6 is 0 Å². The van der Waals surface area contributed by atoms with E-state index in [4.69, 9.17) is 4.42 Å². The van der Waals surface area contributed by atoms with Crippen LogP contribution in [0.15, 0.2) is 40.0 Å². The third kappa shape index (κ3) is 2.92. The van der Waals surface area contributed by atoms with E-state index in [-0.39, 0.29) is 5.09 Å². The van der Waals surface area contributed by atoms with Gasteiger partial charge in [0.15, 0.2) is 0 Å². The maximum absolute atomic E-state index is 12.5. The second kappa shape index (κ2) is 6.38. The van der Waals surface area contributed by atoms with E-state index in [0.29, 0.717) is 31.4 Å². The summed E-state index contributed by atoms with van der Waals surface area (Å²) in [5.74, 6) is 0.714. The van der Waals surface area contributed by atoms with E-state index >= 15 is 0 Å². The monoisotopic (exact) mass is 349 g/mol. The number of nitrogens with zero attached hydrogens (tertiary/aromatic N) is 2. The molecule has 1 N–H and O–H groups in total. The Bertz CT molecular complexity index is 776. The fourth-order valence-electron chi connectivity index (χ4n) is 3.76. The topological polar surface area (TPSA) is 69.5 Å². The summed E-state index contributed by atoms with van der Waals surface area (Å²) in [6.07, 6.45) is 6.06. The van der Waals surface area contributed by atoms with Gasteiger partial charge in [0.1, 0.15) is 5.76 Å². The number of likely N-dealkylation sites (tertiary alicyclic amines) is 1. The van der Waals surface area contributed by atoms with Gasteiger partial charge in [0.2, 0.25) is 5.09 Å². The van der Waals surface area contributed by atoms with Gasteiger partial charge in [-0.15, -0.1) is 0 Å². The minimum Gasteiger partial charge on any atom is -0.447 e. The molecule has 2 fully saturated rings. The smallest absolute Gasteiger partial charge is 0.276 e. The number of rotatable bonds is 5. The Morgan fingerprint density at radius 3 is 2.71 bits per heavy atom. The van der Waals surface area contributed by atoms with Crippen molar-refractivity contribution in [2.45, 2.75) is 43.4 Å². The number of aromatic amines is 1. The largest absolute Gasteiger partial charge is 0.447 e. The van der Waals surface area contributed by atoms with Crippen molar-refractivity contribution in [3.05, 3.63) is 41.9 Å². The standard InChI is InChI=1S/C17H23N3O3S/c21-24(22,20-11-1-2-12-20)17-8-7-14(23-17)13-19-10-4-6-16(19)15-5-3-9-18-15/h3,5,7-9,16,18H,1-2,4,6,10-13H2/t16-/m1/s1. The fourth-order valence-corrected chi connectivity index (χ4v) is 5.20. The van der Waals surface area contributed by atoms with E-state index in [2.05, 4.69) is 16.0 Å². The van der Waals surface area contributed by atoms with Crippen molar-refractivity contribution in [3.8, 4) is 0 Å². The molecule has 6 nitrogen and oxygen atoms in total. The van der Waals surface area contributed by atoms with Crippen LogP contribution in [0.4, 0.5) is 0 Å². The lowest BCUT2D eigenvalue weighted by Gasteiger charge is -2.22. The van der Waals surface area contributed by atoms with E-state index in [1.807, 2.05) is 12.3 Å². The van der Waals surface area contributed by atoms with Gasteiger partial charge in [-0.2, -0.15) is 4.31 Å². The quantitative estimate of drug-likeness (QED) is 0.901. The van der Waals surface area contributed by atoms with Gasteiger partial charge in [-0.05, 0) is 56.5 Å². The van der Waals surface area contributed by atoms with Crippen LogP contribution < -0.4 is 0 Å². The summed E-state index contributed by atoms with van der Waals surface area (Å²) in [6.45, 7) is 2.83. The molecule has 130 valence electrons. The first-order valence-electron chi connectivity index (χ1n) is 8.61. The molecular formula is C17H23N3O3S. The Labute approximate surface area is 142 Å². The second-order valence-electron chi connectivity index (χ2n) is 6.59. The van der Waals surface area contributed by atoms with Gasteiger partial charge in [0, 0.05) is 25.0 Å². The van der Waals surface area contributed by atoms with Crippen molar-refractivity contribution < 1.29 is 12.8 Å². The van der Waals surface area contributed by atoms with E-state index in [0.717, 1.165) is 32.2 Å². The van der Waals surface area contributed by atoms with Crippen LogP contribution in [0.25, 0.3) is 0 Å². The van der Waals surface area contributed by atoms with Gasteiger partial charge in [-0.3, -0.25) is 4.90 Å². The average Bonchev–Trinajstić information content (AvgIpc) is 3.35. The zero-order valence-electron chi connectivity index (χ0n) is 13.6. The first-order valence-corrected chi connectivity index (χ1v) is 10.0.